The largest absolute Gasteiger partial charge is 0.573 e. The number of hydrogen-bond acceptors (Lipinski definition) is 3. The molecule has 0 N–H and O–H groups in total. The number of nitrogens with zero attached hydrogens (tertiary/aromatic N) is 1. The highest BCUT2D eigenvalue weighted by Gasteiger charge is 2.60. The maximum atomic E-state index is 12.7. The molecule has 4 atom stereocenters. The van der Waals surface area contributed by atoms with Crippen molar-refractivity contribution in [3.05, 3.63) is 35.9 Å². The number of allylic oxidation sites excluding steroid dienone is 2. The fourth-order valence-electron chi connectivity index (χ4n) is 4.33. The molecule has 0 radical (unpaired) electrons. The fourth-order valence-corrected chi connectivity index (χ4v) is 4.33. The summed E-state index contributed by atoms with van der Waals surface area (Å²) in [5.74, 6) is -1.37. The second-order valence-corrected chi connectivity index (χ2v) is 6.52. The van der Waals surface area contributed by atoms with E-state index in [9.17, 15) is 22.8 Å². The Labute approximate surface area is 135 Å². The van der Waals surface area contributed by atoms with Crippen molar-refractivity contribution in [2.75, 3.05) is 4.90 Å². The van der Waals surface area contributed by atoms with Crippen LogP contribution < -0.4 is 9.64 Å². The van der Waals surface area contributed by atoms with Crippen LogP contribution in [0, 0.1) is 23.7 Å². The van der Waals surface area contributed by atoms with Crippen molar-refractivity contribution in [1.29, 1.82) is 0 Å². The van der Waals surface area contributed by atoms with Gasteiger partial charge in [-0.25, -0.2) is 0 Å². The molecule has 1 heterocycles. The molecule has 2 bridgehead atoms. The van der Waals surface area contributed by atoms with Gasteiger partial charge in [0, 0.05) is 0 Å². The average molecular weight is 337 g/mol. The highest BCUT2D eigenvalue weighted by Crippen LogP contribution is 2.55. The lowest BCUT2D eigenvalue weighted by molar-refractivity contribution is -0.274. The summed E-state index contributed by atoms with van der Waals surface area (Å²) in [7, 11) is 0. The Morgan fingerprint density at radius 3 is 2.33 bits per heavy atom. The molecule has 3 aliphatic rings. The van der Waals surface area contributed by atoms with E-state index in [0.717, 1.165) is 29.0 Å². The van der Waals surface area contributed by atoms with Gasteiger partial charge in [0.2, 0.25) is 11.8 Å². The summed E-state index contributed by atoms with van der Waals surface area (Å²) >= 11 is 0. The van der Waals surface area contributed by atoms with E-state index in [0.29, 0.717) is 0 Å². The summed E-state index contributed by atoms with van der Waals surface area (Å²) in [6, 6.07) is 4.82. The minimum absolute atomic E-state index is 0.0919. The number of fused-ring (bicyclic) bond motifs is 5. The van der Waals surface area contributed by atoms with E-state index in [2.05, 4.69) is 10.8 Å². The SMILES string of the molecule is CC1=C[C@@H]2C[C@H]1[C@H]1C(=O)N(c3ccc(OC(F)(F)F)cc3)C(=O)[C@@H]12. The van der Waals surface area contributed by atoms with Crippen LogP contribution in [0.1, 0.15) is 13.3 Å². The summed E-state index contributed by atoms with van der Waals surface area (Å²) in [6.45, 7) is 1.98. The van der Waals surface area contributed by atoms with Crippen molar-refractivity contribution in [1.82, 2.24) is 0 Å². The van der Waals surface area contributed by atoms with Crippen molar-refractivity contribution >= 4 is 17.5 Å². The van der Waals surface area contributed by atoms with Crippen molar-refractivity contribution in [3.8, 4) is 5.75 Å². The van der Waals surface area contributed by atoms with Gasteiger partial charge in [0.15, 0.2) is 0 Å². The summed E-state index contributed by atoms with van der Waals surface area (Å²) in [5, 5.41) is 0. The predicted octanol–water partition coefficient (Wildman–Crippen LogP) is 3.29. The van der Waals surface area contributed by atoms with Gasteiger partial charge in [-0.1, -0.05) is 11.6 Å². The Balaban J connectivity index is 1.60. The van der Waals surface area contributed by atoms with Gasteiger partial charge in [-0.05, 0) is 49.4 Å². The number of carbonyl (C=O) groups is 2. The highest BCUT2D eigenvalue weighted by atomic mass is 19.4. The van der Waals surface area contributed by atoms with Crippen LogP contribution in [0.5, 0.6) is 5.75 Å². The number of imide groups is 1. The Morgan fingerprint density at radius 2 is 1.71 bits per heavy atom. The molecule has 2 aliphatic carbocycles. The van der Waals surface area contributed by atoms with Gasteiger partial charge in [-0.3, -0.25) is 14.5 Å². The van der Waals surface area contributed by atoms with Crippen LogP contribution in [-0.2, 0) is 9.59 Å². The minimum atomic E-state index is -4.78. The molecule has 4 nitrogen and oxygen atoms in total. The van der Waals surface area contributed by atoms with Gasteiger partial charge in [0.1, 0.15) is 5.75 Å². The molecule has 2 fully saturated rings. The average Bonchev–Trinajstić information content (AvgIpc) is 3.10. The number of alkyl halides is 3. The molecule has 0 unspecified atom stereocenters. The van der Waals surface area contributed by atoms with E-state index in [1.165, 1.54) is 12.1 Å². The Kier molecular flexibility index (Phi) is 3.07. The Bertz CT molecular complexity index is 753. The number of halogens is 3. The van der Waals surface area contributed by atoms with Crippen molar-refractivity contribution in [2.24, 2.45) is 23.7 Å². The van der Waals surface area contributed by atoms with E-state index in [1.807, 2.05) is 6.92 Å². The van der Waals surface area contributed by atoms with E-state index in [4.69, 9.17) is 0 Å². The third-order valence-electron chi connectivity index (χ3n) is 5.21. The van der Waals surface area contributed by atoms with Gasteiger partial charge in [0.05, 0.1) is 17.5 Å². The molecule has 7 heteroatoms. The zero-order valence-corrected chi connectivity index (χ0v) is 12.7. The normalized spacial score (nSPS) is 31.5. The van der Waals surface area contributed by atoms with Gasteiger partial charge in [-0.15, -0.1) is 13.2 Å². The first-order valence-electron chi connectivity index (χ1n) is 7.68. The fraction of sp³-hybridized carbons (Fsp3) is 0.412. The van der Waals surface area contributed by atoms with E-state index in [-0.39, 0.29) is 46.9 Å². The van der Waals surface area contributed by atoms with Crippen molar-refractivity contribution in [3.63, 3.8) is 0 Å². The van der Waals surface area contributed by atoms with Crippen molar-refractivity contribution in [2.45, 2.75) is 19.7 Å². The first kappa shape index (κ1) is 15.2. The minimum Gasteiger partial charge on any atom is -0.406 e. The standard InChI is InChI=1S/C17H14F3NO3/c1-8-6-9-7-12(8)14-13(9)15(22)21(16(14)23)10-2-4-11(5-3-10)24-17(18,19)20/h2-6,9,12-14H,7H2,1H3/t9-,12-,13-,14-/m1/s1. The molecule has 1 saturated carbocycles. The third kappa shape index (κ3) is 2.14. The number of ether oxygens (including phenoxy) is 1. The number of benzene rings is 1. The summed E-state index contributed by atoms with van der Waals surface area (Å²) in [6.07, 6.45) is -1.87. The van der Waals surface area contributed by atoms with Crippen LogP contribution in [0.2, 0.25) is 0 Å². The van der Waals surface area contributed by atoms with Gasteiger partial charge in [-0.2, -0.15) is 0 Å². The third-order valence-corrected chi connectivity index (χ3v) is 5.21. The molecule has 1 aromatic rings. The molecule has 126 valence electrons. The molecule has 0 aromatic heterocycles. The number of hydrogen-bond donors (Lipinski definition) is 0. The number of rotatable bonds is 2. The lowest BCUT2D eigenvalue weighted by Crippen LogP contribution is -2.32. The molecule has 2 amide bonds. The molecule has 1 saturated heterocycles. The van der Waals surface area contributed by atoms with Gasteiger partial charge < -0.3 is 4.74 Å². The number of amides is 2. The first-order valence-corrected chi connectivity index (χ1v) is 7.68. The lowest BCUT2D eigenvalue weighted by atomic mass is 9.82. The first-order chi connectivity index (χ1) is 11.3. The van der Waals surface area contributed by atoms with Crippen LogP contribution >= 0.6 is 0 Å². The van der Waals surface area contributed by atoms with Crippen LogP contribution in [0.3, 0.4) is 0 Å². The summed E-state index contributed by atoms with van der Waals surface area (Å²) in [5.41, 5.74) is 1.43. The van der Waals surface area contributed by atoms with E-state index in [1.54, 1.807) is 0 Å². The van der Waals surface area contributed by atoms with Crippen LogP contribution in [0.15, 0.2) is 35.9 Å². The molecular formula is C17H14F3NO3. The molecule has 0 spiro atoms. The smallest absolute Gasteiger partial charge is 0.406 e. The Hall–Kier alpha value is -2.31. The Morgan fingerprint density at radius 1 is 1.08 bits per heavy atom. The van der Waals surface area contributed by atoms with Crippen molar-refractivity contribution < 1.29 is 27.5 Å². The molecule has 1 aliphatic heterocycles. The van der Waals surface area contributed by atoms with Crippen LogP contribution in [0.25, 0.3) is 0 Å². The molecule has 24 heavy (non-hydrogen) atoms. The predicted molar refractivity (Wildman–Crippen MR) is 78.0 cm³/mol. The van der Waals surface area contributed by atoms with Crippen LogP contribution in [-0.4, -0.2) is 18.2 Å². The monoisotopic (exact) mass is 337 g/mol. The van der Waals surface area contributed by atoms with Gasteiger partial charge in [0.25, 0.3) is 0 Å². The quantitative estimate of drug-likeness (QED) is 0.615. The molecule has 1 aromatic carbocycles. The zero-order valence-electron chi connectivity index (χ0n) is 12.7. The zero-order chi connectivity index (χ0) is 17.2. The van der Waals surface area contributed by atoms with Gasteiger partial charge >= 0.3 is 6.36 Å². The second-order valence-electron chi connectivity index (χ2n) is 6.52. The second kappa shape index (κ2) is 4.84. The van der Waals surface area contributed by atoms with Crippen LogP contribution in [0.4, 0.5) is 18.9 Å². The summed E-state index contributed by atoms with van der Waals surface area (Å²) < 4.78 is 40.4. The summed E-state index contributed by atoms with van der Waals surface area (Å²) in [4.78, 5) is 26.5. The number of anilines is 1. The topological polar surface area (TPSA) is 46.6 Å². The molecule has 4 rings (SSSR count). The van der Waals surface area contributed by atoms with E-state index >= 15 is 0 Å². The lowest BCUT2D eigenvalue weighted by Gasteiger charge is -2.19. The highest BCUT2D eigenvalue weighted by molar-refractivity contribution is 6.22. The van der Waals surface area contributed by atoms with E-state index < -0.39 is 6.36 Å². The maximum absolute atomic E-state index is 12.7. The molecular weight excluding hydrogens is 323 g/mol. The number of carbonyl (C=O) groups excluding carboxylic acids is 2. The maximum Gasteiger partial charge on any atom is 0.573 e.